The van der Waals surface area contributed by atoms with Crippen LogP contribution in [-0.4, -0.2) is 43.9 Å². The number of nitrogens with zero attached hydrogens (tertiary/aromatic N) is 4. The van der Waals surface area contributed by atoms with E-state index in [4.69, 9.17) is 0 Å². The third-order valence-corrected chi connectivity index (χ3v) is 6.93. The summed E-state index contributed by atoms with van der Waals surface area (Å²) >= 11 is 0. The first-order chi connectivity index (χ1) is 13.5. The summed E-state index contributed by atoms with van der Waals surface area (Å²) < 4.78 is 27.3. The molecule has 4 rings (SSSR count). The zero-order chi connectivity index (χ0) is 19.7. The Hall–Kier alpha value is -2.95. The number of nitriles is 1. The van der Waals surface area contributed by atoms with Crippen LogP contribution in [0.4, 0.5) is 5.82 Å². The molecule has 1 aliphatic rings. The summed E-state index contributed by atoms with van der Waals surface area (Å²) in [5.41, 5.74) is 2.36. The summed E-state index contributed by atoms with van der Waals surface area (Å²) in [7, 11) is -3.51. The molecule has 0 aliphatic carbocycles. The number of rotatable bonds is 3. The van der Waals surface area contributed by atoms with Crippen molar-refractivity contribution < 1.29 is 8.42 Å². The van der Waals surface area contributed by atoms with E-state index in [1.54, 1.807) is 24.3 Å². The van der Waals surface area contributed by atoms with Gasteiger partial charge in [-0.1, -0.05) is 35.9 Å². The highest BCUT2D eigenvalue weighted by molar-refractivity contribution is 7.89. The second-order valence-electron chi connectivity index (χ2n) is 6.87. The van der Waals surface area contributed by atoms with Gasteiger partial charge >= 0.3 is 0 Å². The minimum absolute atomic E-state index is 0.313. The van der Waals surface area contributed by atoms with Crippen LogP contribution in [0.25, 0.3) is 10.9 Å². The molecule has 0 spiro atoms. The smallest absolute Gasteiger partial charge is 0.243 e. The van der Waals surface area contributed by atoms with E-state index in [-0.39, 0.29) is 0 Å². The lowest BCUT2D eigenvalue weighted by atomic mass is 10.1. The fraction of sp³-hybridized carbons (Fsp3) is 0.238. The Bertz CT molecular complexity index is 1160. The first kappa shape index (κ1) is 18.4. The number of hydrogen-bond donors (Lipinski definition) is 0. The minimum atomic E-state index is -3.51. The van der Waals surface area contributed by atoms with Gasteiger partial charge in [-0.05, 0) is 31.2 Å². The molecule has 2 heterocycles. The van der Waals surface area contributed by atoms with Crippen molar-refractivity contribution in [3.8, 4) is 6.07 Å². The highest BCUT2D eigenvalue weighted by Crippen LogP contribution is 2.25. The summed E-state index contributed by atoms with van der Waals surface area (Å²) in [6.07, 6.45) is 0. The van der Waals surface area contributed by atoms with Gasteiger partial charge in [0.1, 0.15) is 11.9 Å². The molecule has 0 unspecified atom stereocenters. The van der Waals surface area contributed by atoms with Crippen molar-refractivity contribution in [1.29, 1.82) is 5.26 Å². The molecule has 2 aromatic carbocycles. The molecular weight excluding hydrogens is 372 g/mol. The van der Waals surface area contributed by atoms with Gasteiger partial charge in [0.15, 0.2) is 0 Å². The molecular formula is C21H20N4O2S. The maximum absolute atomic E-state index is 12.9. The van der Waals surface area contributed by atoms with Crippen molar-refractivity contribution in [2.24, 2.45) is 0 Å². The minimum Gasteiger partial charge on any atom is -0.353 e. The Morgan fingerprint density at radius 1 is 1.00 bits per heavy atom. The Labute approximate surface area is 164 Å². The van der Waals surface area contributed by atoms with Crippen LogP contribution in [0.2, 0.25) is 0 Å². The topological polar surface area (TPSA) is 77.3 Å². The molecule has 0 bridgehead atoms. The van der Waals surface area contributed by atoms with Crippen LogP contribution in [0.3, 0.4) is 0 Å². The zero-order valence-electron chi connectivity index (χ0n) is 15.5. The van der Waals surface area contributed by atoms with Crippen LogP contribution in [-0.2, 0) is 10.0 Å². The van der Waals surface area contributed by atoms with Crippen LogP contribution in [0.15, 0.2) is 59.5 Å². The Kier molecular flexibility index (Phi) is 4.75. The van der Waals surface area contributed by atoms with Crippen LogP contribution in [0.1, 0.15) is 11.1 Å². The fourth-order valence-electron chi connectivity index (χ4n) is 3.43. The number of aromatic nitrogens is 1. The number of piperazine rings is 1. The van der Waals surface area contributed by atoms with E-state index in [2.05, 4.69) is 11.1 Å². The predicted molar refractivity (Wildman–Crippen MR) is 109 cm³/mol. The lowest BCUT2D eigenvalue weighted by Crippen LogP contribution is -2.49. The number of sulfonamides is 1. The zero-order valence-corrected chi connectivity index (χ0v) is 16.4. The van der Waals surface area contributed by atoms with Gasteiger partial charge in [-0.2, -0.15) is 9.57 Å². The molecule has 1 fully saturated rings. The molecule has 1 aromatic heterocycles. The van der Waals surface area contributed by atoms with Crippen molar-refractivity contribution in [2.45, 2.75) is 11.8 Å². The molecule has 0 radical (unpaired) electrons. The van der Waals surface area contributed by atoms with Crippen molar-refractivity contribution in [1.82, 2.24) is 9.29 Å². The SMILES string of the molecule is Cc1ccc(S(=O)(=O)N2CCN(c3nc4ccccc4cc3C#N)CC2)cc1. The van der Waals surface area contributed by atoms with Gasteiger partial charge < -0.3 is 4.90 Å². The lowest BCUT2D eigenvalue weighted by molar-refractivity contribution is 0.384. The Morgan fingerprint density at radius 2 is 1.68 bits per heavy atom. The third kappa shape index (κ3) is 3.33. The maximum Gasteiger partial charge on any atom is 0.243 e. The van der Waals surface area contributed by atoms with E-state index in [0.29, 0.717) is 42.5 Å². The molecule has 3 aromatic rings. The van der Waals surface area contributed by atoms with E-state index in [9.17, 15) is 13.7 Å². The standard InChI is InChI=1S/C21H20N4O2S/c1-16-6-8-19(9-7-16)28(26,27)25-12-10-24(11-13-25)21-18(15-22)14-17-4-2-3-5-20(17)23-21/h2-9,14H,10-13H2,1H3. The summed E-state index contributed by atoms with van der Waals surface area (Å²) in [6, 6.07) is 18.6. The summed E-state index contributed by atoms with van der Waals surface area (Å²) in [4.78, 5) is 6.97. The third-order valence-electron chi connectivity index (χ3n) is 5.02. The molecule has 0 amide bonds. The van der Waals surface area contributed by atoms with Gasteiger partial charge in [0, 0.05) is 31.6 Å². The summed E-state index contributed by atoms with van der Waals surface area (Å²) in [5.74, 6) is 0.619. The average molecular weight is 392 g/mol. The van der Waals surface area contributed by atoms with E-state index in [1.165, 1.54) is 4.31 Å². The largest absolute Gasteiger partial charge is 0.353 e. The number of fused-ring (bicyclic) bond motifs is 1. The van der Waals surface area contributed by atoms with Crippen LogP contribution in [0.5, 0.6) is 0 Å². The van der Waals surface area contributed by atoms with E-state index in [0.717, 1.165) is 16.5 Å². The van der Waals surface area contributed by atoms with Crippen LogP contribution >= 0.6 is 0 Å². The highest BCUT2D eigenvalue weighted by Gasteiger charge is 2.29. The van der Waals surface area contributed by atoms with Gasteiger partial charge in [-0.3, -0.25) is 0 Å². The molecule has 0 atom stereocenters. The molecule has 1 saturated heterocycles. The number of benzene rings is 2. The normalized spacial score (nSPS) is 15.5. The number of aryl methyl sites for hydroxylation is 1. The van der Waals surface area contributed by atoms with Crippen molar-refractivity contribution in [3.05, 3.63) is 65.7 Å². The second kappa shape index (κ2) is 7.23. The predicted octanol–water partition coefficient (Wildman–Crippen LogP) is 2.93. The summed E-state index contributed by atoms with van der Waals surface area (Å²) in [5, 5.41) is 10.5. The van der Waals surface area contributed by atoms with Gasteiger partial charge in [-0.15, -0.1) is 0 Å². The van der Waals surface area contributed by atoms with Crippen molar-refractivity contribution >= 4 is 26.7 Å². The molecule has 28 heavy (non-hydrogen) atoms. The second-order valence-corrected chi connectivity index (χ2v) is 8.81. The molecule has 1 aliphatic heterocycles. The highest BCUT2D eigenvalue weighted by atomic mass is 32.2. The number of anilines is 1. The van der Waals surface area contributed by atoms with Gasteiger partial charge in [0.25, 0.3) is 0 Å². The monoisotopic (exact) mass is 392 g/mol. The summed E-state index contributed by atoms with van der Waals surface area (Å²) in [6.45, 7) is 3.62. The van der Waals surface area contributed by atoms with Crippen LogP contribution in [0, 0.1) is 18.3 Å². The van der Waals surface area contributed by atoms with E-state index in [1.807, 2.05) is 42.2 Å². The fourth-order valence-corrected chi connectivity index (χ4v) is 4.85. The Morgan fingerprint density at radius 3 is 2.36 bits per heavy atom. The number of hydrogen-bond acceptors (Lipinski definition) is 5. The number of para-hydroxylation sites is 1. The van der Waals surface area contributed by atoms with Gasteiger partial charge in [0.2, 0.25) is 10.0 Å². The van der Waals surface area contributed by atoms with Crippen molar-refractivity contribution in [2.75, 3.05) is 31.1 Å². The Balaban J connectivity index is 1.57. The van der Waals surface area contributed by atoms with E-state index >= 15 is 0 Å². The van der Waals surface area contributed by atoms with Crippen LogP contribution < -0.4 is 4.90 Å². The molecule has 0 N–H and O–H groups in total. The molecule has 142 valence electrons. The van der Waals surface area contributed by atoms with Gasteiger partial charge in [0.05, 0.1) is 16.0 Å². The molecule has 7 heteroatoms. The molecule has 0 saturated carbocycles. The first-order valence-corrected chi connectivity index (χ1v) is 10.5. The average Bonchev–Trinajstić information content (AvgIpc) is 2.73. The quantitative estimate of drug-likeness (QED) is 0.685. The van der Waals surface area contributed by atoms with Gasteiger partial charge in [-0.25, -0.2) is 13.4 Å². The maximum atomic E-state index is 12.9. The first-order valence-electron chi connectivity index (χ1n) is 9.11. The van der Waals surface area contributed by atoms with E-state index < -0.39 is 10.0 Å². The lowest BCUT2D eigenvalue weighted by Gasteiger charge is -2.35. The number of pyridine rings is 1. The molecule has 6 nitrogen and oxygen atoms in total. The van der Waals surface area contributed by atoms with Crippen molar-refractivity contribution in [3.63, 3.8) is 0 Å².